The summed E-state index contributed by atoms with van der Waals surface area (Å²) in [5, 5.41) is 11.6. The number of ether oxygens (including phenoxy) is 3. The Morgan fingerprint density at radius 1 is 0.534 bits per heavy atom. The van der Waals surface area contributed by atoms with Crippen molar-refractivity contribution in [3.05, 3.63) is 36.5 Å². The number of nitrogens with zero attached hydrogens (tertiary/aromatic N) is 1. The summed E-state index contributed by atoms with van der Waals surface area (Å²) in [7, 11) is 5.41. The maximum atomic E-state index is 12.8. The van der Waals surface area contributed by atoms with Gasteiger partial charge in [0.2, 0.25) is 0 Å². The van der Waals surface area contributed by atoms with Crippen LogP contribution in [0.2, 0.25) is 0 Å². The molecule has 0 rings (SSSR count). The third-order valence-electron chi connectivity index (χ3n) is 10.8. The highest BCUT2D eigenvalue weighted by molar-refractivity contribution is 5.70. The van der Waals surface area contributed by atoms with Crippen LogP contribution in [-0.2, 0) is 28.6 Å². The number of quaternary nitrogens is 1. The predicted molar refractivity (Wildman–Crippen MR) is 240 cm³/mol. The maximum Gasteiger partial charge on any atom is 0.306 e. The number of carboxylic acid groups (broad SMARTS) is 1. The number of likely N-dealkylation sites (N-methyl/N-ethyl adjacent to an activating group) is 1. The van der Waals surface area contributed by atoms with Gasteiger partial charge in [-0.2, -0.15) is 0 Å². The van der Waals surface area contributed by atoms with Gasteiger partial charge in [-0.1, -0.05) is 185 Å². The highest BCUT2D eigenvalue weighted by Gasteiger charge is 2.25. The first-order valence-electron chi connectivity index (χ1n) is 24.0. The quantitative estimate of drug-likeness (QED) is 0.0261. The molecule has 0 spiro atoms. The van der Waals surface area contributed by atoms with E-state index in [0.717, 1.165) is 57.8 Å². The molecule has 338 valence electrons. The number of rotatable bonds is 43. The van der Waals surface area contributed by atoms with Gasteiger partial charge in [0.1, 0.15) is 12.6 Å². The Balaban J connectivity index is 4.26. The normalized spacial score (nSPS) is 13.2. The minimum absolute atomic E-state index is 0.0422. The van der Waals surface area contributed by atoms with Gasteiger partial charge in [-0.05, 0) is 44.9 Å². The molecular formula is C50H91NO7. The molecule has 0 radical (unpaired) electrons. The van der Waals surface area contributed by atoms with E-state index in [1.807, 2.05) is 0 Å². The standard InChI is InChI=1S/C50H91NO7/c1-6-8-10-12-14-16-18-20-22-23-24-25-26-27-29-31-33-35-37-39-41-49(53)58-46(44-56-43-42-47(50(54)55)51(3,4)5)45-57-48(52)40-38-36-34-32-30-28-21-19-17-15-13-11-9-7-2/h8,10,14,16,20,22,46-47H,6-7,9,11-13,15,17-19,21,23-45H2,1-5H3/b10-8+,16-14+,22-20+. The molecule has 0 aromatic rings. The first-order chi connectivity index (χ1) is 28.1. The van der Waals surface area contributed by atoms with E-state index < -0.39 is 18.1 Å². The molecule has 0 aromatic carbocycles. The van der Waals surface area contributed by atoms with Crippen molar-refractivity contribution in [3.8, 4) is 0 Å². The molecule has 0 saturated heterocycles. The second kappa shape index (κ2) is 41.3. The molecule has 0 N–H and O–H groups in total. The van der Waals surface area contributed by atoms with E-state index >= 15 is 0 Å². The maximum absolute atomic E-state index is 12.8. The molecule has 0 aliphatic heterocycles. The van der Waals surface area contributed by atoms with Crippen LogP contribution in [0.25, 0.3) is 0 Å². The van der Waals surface area contributed by atoms with Gasteiger partial charge in [0.25, 0.3) is 0 Å². The molecule has 2 atom stereocenters. The van der Waals surface area contributed by atoms with Crippen molar-refractivity contribution in [2.24, 2.45) is 0 Å². The molecule has 0 fully saturated rings. The van der Waals surface area contributed by atoms with Crippen LogP contribution in [0.15, 0.2) is 36.5 Å². The molecule has 0 saturated carbocycles. The van der Waals surface area contributed by atoms with Crippen LogP contribution in [0.4, 0.5) is 0 Å². The highest BCUT2D eigenvalue weighted by Crippen LogP contribution is 2.16. The van der Waals surface area contributed by atoms with Crippen LogP contribution >= 0.6 is 0 Å². The summed E-state index contributed by atoms with van der Waals surface area (Å²) in [4.78, 5) is 36.9. The van der Waals surface area contributed by atoms with Gasteiger partial charge in [0, 0.05) is 19.3 Å². The fraction of sp³-hybridized carbons (Fsp3) is 0.820. The van der Waals surface area contributed by atoms with Crippen LogP contribution in [0.1, 0.15) is 213 Å². The second-order valence-electron chi connectivity index (χ2n) is 17.3. The molecule has 0 amide bonds. The topological polar surface area (TPSA) is 102 Å². The number of carbonyl (C=O) groups excluding carboxylic acids is 3. The zero-order chi connectivity index (χ0) is 42.8. The molecule has 0 aromatic heterocycles. The highest BCUT2D eigenvalue weighted by atomic mass is 16.6. The van der Waals surface area contributed by atoms with Gasteiger partial charge < -0.3 is 28.6 Å². The number of unbranched alkanes of at least 4 members (excludes halogenated alkanes) is 23. The fourth-order valence-electron chi connectivity index (χ4n) is 7.09. The summed E-state index contributed by atoms with van der Waals surface area (Å²) < 4.78 is 17.2. The smallest absolute Gasteiger partial charge is 0.306 e. The Hall–Kier alpha value is -2.45. The van der Waals surface area contributed by atoms with Crippen LogP contribution in [0.5, 0.6) is 0 Å². The van der Waals surface area contributed by atoms with Gasteiger partial charge in [-0.25, -0.2) is 0 Å². The van der Waals surface area contributed by atoms with Gasteiger partial charge in [-0.3, -0.25) is 9.59 Å². The molecule has 8 nitrogen and oxygen atoms in total. The lowest BCUT2D eigenvalue weighted by Gasteiger charge is -2.34. The number of esters is 2. The molecule has 0 bridgehead atoms. The zero-order valence-corrected chi connectivity index (χ0v) is 38.5. The van der Waals surface area contributed by atoms with E-state index in [-0.39, 0.29) is 42.7 Å². The SMILES string of the molecule is CC/C=C/C/C=C/C/C=C/CCCCCCCCCCCCC(=O)OC(COCCC(C(=O)[O-])[N+](C)(C)C)COC(=O)CCCCCCCCCCCCCCCC. The molecule has 58 heavy (non-hydrogen) atoms. The van der Waals surface area contributed by atoms with Gasteiger partial charge in [0.05, 0.1) is 40.3 Å². The van der Waals surface area contributed by atoms with Crippen molar-refractivity contribution in [2.45, 2.75) is 225 Å². The molecule has 8 heteroatoms. The lowest BCUT2D eigenvalue weighted by Crippen LogP contribution is -2.55. The van der Waals surface area contributed by atoms with E-state index in [1.165, 1.54) is 122 Å². The predicted octanol–water partition coefficient (Wildman–Crippen LogP) is 12.1. The van der Waals surface area contributed by atoms with Crippen molar-refractivity contribution in [3.63, 3.8) is 0 Å². The number of allylic oxidation sites excluding steroid dienone is 6. The van der Waals surface area contributed by atoms with Crippen molar-refractivity contribution in [1.29, 1.82) is 0 Å². The van der Waals surface area contributed by atoms with Crippen molar-refractivity contribution in [1.82, 2.24) is 0 Å². The molecule has 0 heterocycles. The number of carbonyl (C=O) groups is 3. The van der Waals surface area contributed by atoms with Crippen molar-refractivity contribution < 1.29 is 38.2 Å². The Morgan fingerprint density at radius 2 is 0.966 bits per heavy atom. The zero-order valence-electron chi connectivity index (χ0n) is 38.5. The Morgan fingerprint density at radius 3 is 1.43 bits per heavy atom. The third kappa shape index (κ3) is 39.0. The first kappa shape index (κ1) is 55.5. The Labute approximate surface area is 357 Å². The average molecular weight is 818 g/mol. The van der Waals surface area contributed by atoms with Crippen LogP contribution < -0.4 is 5.11 Å². The fourth-order valence-corrected chi connectivity index (χ4v) is 7.09. The number of aliphatic carboxylic acids is 1. The number of carboxylic acids is 1. The monoisotopic (exact) mass is 818 g/mol. The number of hydrogen-bond donors (Lipinski definition) is 0. The van der Waals surface area contributed by atoms with Crippen molar-refractivity contribution >= 4 is 17.9 Å². The van der Waals surface area contributed by atoms with Crippen LogP contribution in [0, 0.1) is 0 Å². The van der Waals surface area contributed by atoms with Crippen molar-refractivity contribution in [2.75, 3.05) is 41.0 Å². The molecule has 0 aliphatic carbocycles. The van der Waals surface area contributed by atoms with Gasteiger partial charge in [0.15, 0.2) is 6.10 Å². The van der Waals surface area contributed by atoms with Crippen LogP contribution in [-0.4, -0.2) is 75.5 Å². The summed E-state index contributed by atoms with van der Waals surface area (Å²) in [6.45, 7) is 4.57. The molecule has 2 unspecified atom stereocenters. The average Bonchev–Trinajstić information content (AvgIpc) is 3.18. The first-order valence-corrected chi connectivity index (χ1v) is 24.0. The Kier molecular flexibility index (Phi) is 39.5. The minimum Gasteiger partial charge on any atom is -0.544 e. The lowest BCUT2D eigenvalue weighted by molar-refractivity contribution is -0.889. The van der Waals surface area contributed by atoms with E-state index in [4.69, 9.17) is 14.2 Å². The van der Waals surface area contributed by atoms with E-state index in [2.05, 4.69) is 50.3 Å². The van der Waals surface area contributed by atoms with Gasteiger partial charge >= 0.3 is 11.9 Å². The summed E-state index contributed by atoms with van der Waals surface area (Å²) in [6.07, 6.45) is 47.3. The number of hydrogen-bond acceptors (Lipinski definition) is 7. The third-order valence-corrected chi connectivity index (χ3v) is 10.8. The van der Waals surface area contributed by atoms with Gasteiger partial charge in [-0.15, -0.1) is 0 Å². The molecule has 0 aliphatic rings. The second-order valence-corrected chi connectivity index (χ2v) is 17.3. The van der Waals surface area contributed by atoms with Crippen LogP contribution in [0.3, 0.4) is 0 Å². The largest absolute Gasteiger partial charge is 0.544 e. The Bertz CT molecular complexity index is 1050. The summed E-state index contributed by atoms with van der Waals surface area (Å²) in [5.74, 6) is -1.73. The minimum atomic E-state index is -1.12. The summed E-state index contributed by atoms with van der Waals surface area (Å²) >= 11 is 0. The van der Waals surface area contributed by atoms with E-state index in [1.54, 1.807) is 21.1 Å². The molecular weight excluding hydrogens is 727 g/mol. The summed E-state index contributed by atoms with van der Waals surface area (Å²) in [6, 6.07) is -0.724. The summed E-state index contributed by atoms with van der Waals surface area (Å²) in [5.41, 5.74) is 0. The van der Waals surface area contributed by atoms with E-state index in [9.17, 15) is 19.5 Å². The van der Waals surface area contributed by atoms with E-state index in [0.29, 0.717) is 12.8 Å². The lowest BCUT2D eigenvalue weighted by atomic mass is 10.0.